The summed E-state index contributed by atoms with van der Waals surface area (Å²) in [6.45, 7) is 4.43. The van der Waals surface area contributed by atoms with Crippen molar-refractivity contribution in [1.29, 1.82) is 0 Å². The Morgan fingerprint density at radius 1 is 0.840 bits per heavy atom. The maximum atomic E-state index is 9.33. The second-order valence-electron chi connectivity index (χ2n) is 6.64. The highest BCUT2D eigenvalue weighted by Gasteiger charge is 2.12. The molecule has 0 radical (unpaired) electrons. The molecule has 0 saturated heterocycles. The molecule has 0 amide bonds. The van der Waals surface area contributed by atoms with Crippen molar-refractivity contribution in [3.05, 3.63) is 65.7 Å². The van der Waals surface area contributed by atoms with Crippen molar-refractivity contribution in [2.24, 2.45) is 0 Å². The van der Waals surface area contributed by atoms with E-state index in [1.165, 1.54) is 35.1 Å². The van der Waals surface area contributed by atoms with E-state index in [2.05, 4.69) is 50.2 Å². The van der Waals surface area contributed by atoms with Crippen LogP contribution in [-0.2, 0) is 12.8 Å². The van der Waals surface area contributed by atoms with Gasteiger partial charge >= 0.3 is 7.12 Å². The number of rotatable bonds is 6. The lowest BCUT2D eigenvalue weighted by atomic mass is 9.79. The molecule has 3 aromatic carbocycles. The Balaban J connectivity index is 1.99. The Hall–Kier alpha value is -2.10. The van der Waals surface area contributed by atoms with Gasteiger partial charge in [0.2, 0.25) is 0 Å². The van der Waals surface area contributed by atoms with Crippen LogP contribution in [0, 0.1) is 0 Å². The van der Waals surface area contributed by atoms with E-state index < -0.39 is 7.12 Å². The van der Waals surface area contributed by atoms with Crippen LogP contribution in [0.5, 0.6) is 0 Å². The third-order valence-corrected chi connectivity index (χ3v) is 4.84. The Morgan fingerprint density at radius 2 is 1.60 bits per heavy atom. The van der Waals surface area contributed by atoms with Gasteiger partial charge in [-0.25, -0.2) is 0 Å². The average Bonchev–Trinajstić information content (AvgIpc) is 2.65. The zero-order valence-electron chi connectivity index (χ0n) is 15.0. The van der Waals surface area contributed by atoms with Gasteiger partial charge in [0.1, 0.15) is 0 Å². The van der Waals surface area contributed by atoms with Crippen molar-refractivity contribution in [2.45, 2.75) is 39.5 Å². The smallest absolute Gasteiger partial charge is 0.423 e. The van der Waals surface area contributed by atoms with Gasteiger partial charge in [0.15, 0.2) is 0 Å². The standard InChI is InChI=1S/C22H25BO2/c1-3-5-6-16-7-12-22(17(4-2)13-16)20-9-8-19-15-21(23(24)25)11-10-18(19)14-20/h7-15,24-25H,3-6H2,1-2H3. The zero-order chi connectivity index (χ0) is 17.8. The maximum Gasteiger partial charge on any atom is 0.488 e. The second kappa shape index (κ2) is 7.86. The normalized spacial score (nSPS) is 11.0. The fourth-order valence-corrected chi connectivity index (χ4v) is 3.35. The van der Waals surface area contributed by atoms with Crippen LogP contribution < -0.4 is 5.46 Å². The first-order chi connectivity index (χ1) is 12.1. The van der Waals surface area contributed by atoms with Gasteiger partial charge in [-0.3, -0.25) is 0 Å². The van der Waals surface area contributed by atoms with E-state index in [0.29, 0.717) is 5.46 Å². The first-order valence-electron chi connectivity index (χ1n) is 9.14. The predicted molar refractivity (Wildman–Crippen MR) is 107 cm³/mol. The van der Waals surface area contributed by atoms with Crippen LogP contribution in [0.25, 0.3) is 21.9 Å². The molecule has 0 spiro atoms. The molecule has 0 aliphatic heterocycles. The molecular formula is C22H25BO2. The molecule has 2 N–H and O–H groups in total. The second-order valence-corrected chi connectivity index (χ2v) is 6.64. The Labute approximate surface area is 150 Å². The summed E-state index contributed by atoms with van der Waals surface area (Å²) in [7, 11) is -1.42. The SMILES string of the molecule is CCCCc1ccc(-c2ccc3cc(B(O)O)ccc3c2)c(CC)c1. The molecule has 0 aliphatic carbocycles. The van der Waals surface area contributed by atoms with E-state index in [9.17, 15) is 10.0 Å². The summed E-state index contributed by atoms with van der Waals surface area (Å²) in [5, 5.41) is 20.8. The summed E-state index contributed by atoms with van der Waals surface area (Å²) in [5.74, 6) is 0. The third-order valence-electron chi connectivity index (χ3n) is 4.84. The van der Waals surface area contributed by atoms with E-state index in [-0.39, 0.29) is 0 Å². The number of fused-ring (bicyclic) bond motifs is 1. The molecule has 2 nitrogen and oxygen atoms in total. The highest BCUT2D eigenvalue weighted by molar-refractivity contribution is 6.58. The van der Waals surface area contributed by atoms with Gasteiger partial charge in [0, 0.05) is 0 Å². The maximum absolute atomic E-state index is 9.33. The van der Waals surface area contributed by atoms with Crippen LogP contribution >= 0.6 is 0 Å². The van der Waals surface area contributed by atoms with Crippen LogP contribution in [0.15, 0.2) is 54.6 Å². The highest BCUT2D eigenvalue weighted by atomic mass is 16.4. The highest BCUT2D eigenvalue weighted by Crippen LogP contribution is 2.28. The lowest BCUT2D eigenvalue weighted by Gasteiger charge is -2.12. The molecule has 25 heavy (non-hydrogen) atoms. The summed E-state index contributed by atoms with van der Waals surface area (Å²) >= 11 is 0. The Morgan fingerprint density at radius 3 is 2.32 bits per heavy atom. The summed E-state index contributed by atoms with van der Waals surface area (Å²) in [5.41, 5.74) is 5.83. The van der Waals surface area contributed by atoms with Crippen molar-refractivity contribution < 1.29 is 10.0 Å². The fourth-order valence-electron chi connectivity index (χ4n) is 3.35. The van der Waals surface area contributed by atoms with E-state index in [1.807, 2.05) is 12.1 Å². The molecule has 0 heterocycles. The average molecular weight is 332 g/mol. The molecule has 0 fully saturated rings. The van der Waals surface area contributed by atoms with Crippen molar-refractivity contribution >= 4 is 23.4 Å². The van der Waals surface area contributed by atoms with Gasteiger partial charge in [0.05, 0.1) is 0 Å². The molecule has 0 aliphatic rings. The van der Waals surface area contributed by atoms with Crippen LogP contribution in [0.2, 0.25) is 0 Å². The van der Waals surface area contributed by atoms with Crippen molar-refractivity contribution in [1.82, 2.24) is 0 Å². The molecule has 0 saturated carbocycles. The number of aryl methyl sites for hydroxylation is 2. The van der Waals surface area contributed by atoms with E-state index in [0.717, 1.165) is 23.6 Å². The fraction of sp³-hybridized carbons (Fsp3) is 0.273. The molecule has 0 atom stereocenters. The first kappa shape index (κ1) is 17.7. The van der Waals surface area contributed by atoms with E-state index >= 15 is 0 Å². The topological polar surface area (TPSA) is 40.5 Å². The van der Waals surface area contributed by atoms with Crippen LogP contribution in [0.1, 0.15) is 37.8 Å². The lowest BCUT2D eigenvalue weighted by Crippen LogP contribution is -2.29. The molecule has 3 aromatic rings. The number of unbranched alkanes of at least 4 members (excludes halogenated alkanes) is 1. The van der Waals surface area contributed by atoms with Gasteiger partial charge < -0.3 is 10.0 Å². The Bertz CT molecular complexity index is 871. The number of benzene rings is 3. The van der Waals surface area contributed by atoms with Crippen LogP contribution in [0.3, 0.4) is 0 Å². The number of hydrogen-bond acceptors (Lipinski definition) is 2. The number of hydrogen-bond donors (Lipinski definition) is 2. The van der Waals surface area contributed by atoms with Gasteiger partial charge in [-0.2, -0.15) is 0 Å². The quantitative estimate of drug-likeness (QED) is 0.668. The van der Waals surface area contributed by atoms with Crippen molar-refractivity contribution in [3.8, 4) is 11.1 Å². The molecule has 0 bridgehead atoms. The van der Waals surface area contributed by atoms with Crippen molar-refractivity contribution in [3.63, 3.8) is 0 Å². The van der Waals surface area contributed by atoms with Gasteiger partial charge in [-0.05, 0) is 63.8 Å². The Kier molecular flexibility index (Phi) is 5.57. The minimum Gasteiger partial charge on any atom is -0.423 e. The summed E-state index contributed by atoms with van der Waals surface area (Å²) in [6, 6.07) is 18.8. The van der Waals surface area contributed by atoms with E-state index in [1.54, 1.807) is 6.07 Å². The summed E-state index contributed by atoms with van der Waals surface area (Å²) < 4.78 is 0. The minimum absolute atomic E-state index is 0.523. The zero-order valence-corrected chi connectivity index (χ0v) is 15.0. The molecule has 3 rings (SSSR count). The molecule has 128 valence electrons. The summed E-state index contributed by atoms with van der Waals surface area (Å²) in [6.07, 6.45) is 4.62. The van der Waals surface area contributed by atoms with E-state index in [4.69, 9.17) is 0 Å². The van der Waals surface area contributed by atoms with Crippen LogP contribution in [-0.4, -0.2) is 17.2 Å². The molecular weight excluding hydrogens is 307 g/mol. The molecule has 0 aromatic heterocycles. The van der Waals surface area contributed by atoms with Gasteiger partial charge in [-0.15, -0.1) is 0 Å². The van der Waals surface area contributed by atoms with Gasteiger partial charge in [0.25, 0.3) is 0 Å². The predicted octanol–water partition coefficient (Wildman–Crippen LogP) is 4.09. The molecule has 3 heteroatoms. The lowest BCUT2D eigenvalue weighted by molar-refractivity contribution is 0.426. The third kappa shape index (κ3) is 3.94. The van der Waals surface area contributed by atoms with Gasteiger partial charge in [-0.1, -0.05) is 68.8 Å². The first-order valence-corrected chi connectivity index (χ1v) is 9.14. The molecule has 0 unspecified atom stereocenters. The monoisotopic (exact) mass is 332 g/mol. The largest absolute Gasteiger partial charge is 0.488 e. The van der Waals surface area contributed by atoms with Crippen LogP contribution in [0.4, 0.5) is 0 Å². The van der Waals surface area contributed by atoms with Crippen molar-refractivity contribution in [2.75, 3.05) is 0 Å². The summed E-state index contributed by atoms with van der Waals surface area (Å²) in [4.78, 5) is 0. The minimum atomic E-state index is -1.42.